The number of benzene rings is 2. The Kier molecular flexibility index (Phi) is 6.26. The largest absolute Gasteiger partial charge is 0.374 e. The highest BCUT2D eigenvalue weighted by Gasteiger charge is 2.17. The third-order valence-electron chi connectivity index (χ3n) is 4.00. The minimum atomic E-state index is -0.252. The maximum atomic E-state index is 12.6. The fourth-order valence-corrected chi connectivity index (χ4v) is 3.23. The van der Waals surface area contributed by atoms with Crippen molar-refractivity contribution in [3.8, 4) is 0 Å². The van der Waals surface area contributed by atoms with Crippen LogP contribution in [0.5, 0.6) is 0 Å². The van der Waals surface area contributed by atoms with Gasteiger partial charge in [0.05, 0.1) is 6.54 Å². The molecule has 0 aliphatic carbocycles. The number of rotatable bonds is 7. The molecule has 1 heterocycles. The average Bonchev–Trinajstić information content (AvgIpc) is 3.16. The van der Waals surface area contributed by atoms with Crippen molar-refractivity contribution >= 4 is 17.7 Å². The smallest absolute Gasteiger partial charge is 0.254 e. The Bertz CT molecular complexity index is 881. The molecule has 3 rings (SSSR count). The van der Waals surface area contributed by atoms with E-state index in [9.17, 15) is 4.79 Å². The molecule has 1 aromatic heterocycles. The molecule has 0 saturated carbocycles. The molecule has 1 amide bonds. The van der Waals surface area contributed by atoms with Gasteiger partial charge in [-0.2, -0.15) is 4.98 Å². The summed E-state index contributed by atoms with van der Waals surface area (Å²) in [7, 11) is 3.29. The number of nitrogens with zero attached hydrogens (tertiary/aromatic N) is 3. The fraction of sp³-hybridized carbons (Fsp3) is 0.250. The Morgan fingerprint density at radius 3 is 2.48 bits per heavy atom. The van der Waals surface area contributed by atoms with Crippen LogP contribution in [-0.4, -0.2) is 35.1 Å². The average molecular weight is 383 g/mol. The van der Waals surface area contributed by atoms with Crippen LogP contribution in [0.3, 0.4) is 0 Å². The predicted octanol–water partition coefficient (Wildman–Crippen LogP) is 4.20. The molecule has 0 radical (unpaired) electrons. The molecule has 0 bridgehead atoms. The van der Waals surface area contributed by atoms with E-state index in [2.05, 4.69) is 22.3 Å². The molecule has 0 spiro atoms. The van der Waals surface area contributed by atoms with Gasteiger partial charge in [-0.3, -0.25) is 4.79 Å². The number of carbonyl (C=O) groups is 1. The summed E-state index contributed by atoms with van der Waals surface area (Å²) in [5.74, 6) is 0.738. The van der Waals surface area contributed by atoms with E-state index >= 15 is 0 Å². The van der Waals surface area contributed by atoms with Crippen molar-refractivity contribution in [3.63, 3.8) is 0 Å². The first-order valence-corrected chi connectivity index (χ1v) is 9.32. The summed E-state index contributed by atoms with van der Waals surface area (Å²) in [6.45, 7) is 2.07. The molecule has 3 aromatic rings. The van der Waals surface area contributed by atoms with Crippen molar-refractivity contribution in [3.05, 3.63) is 71.9 Å². The van der Waals surface area contributed by atoms with E-state index in [1.54, 1.807) is 30.8 Å². The molecular weight excluding hydrogens is 362 g/mol. The molecular formula is C20H21N3O3S. The van der Waals surface area contributed by atoms with E-state index in [4.69, 9.17) is 9.26 Å². The zero-order valence-corrected chi connectivity index (χ0v) is 16.3. The van der Waals surface area contributed by atoms with Crippen molar-refractivity contribution in [1.29, 1.82) is 0 Å². The number of hydrogen-bond donors (Lipinski definition) is 0. The van der Waals surface area contributed by atoms with Crippen LogP contribution in [0, 0.1) is 0 Å². The number of amides is 1. The summed E-state index contributed by atoms with van der Waals surface area (Å²) in [5, 5.41) is 3.87. The van der Waals surface area contributed by atoms with Crippen molar-refractivity contribution < 1.29 is 14.1 Å². The lowest BCUT2D eigenvalue weighted by Crippen LogP contribution is -2.26. The first-order valence-electron chi connectivity index (χ1n) is 8.50. The highest BCUT2D eigenvalue weighted by Crippen LogP contribution is 2.27. The second-order valence-corrected chi connectivity index (χ2v) is 7.17. The fourth-order valence-electron chi connectivity index (χ4n) is 2.39. The minimum Gasteiger partial charge on any atom is -0.374 e. The van der Waals surface area contributed by atoms with Crippen molar-refractivity contribution in [2.45, 2.75) is 29.4 Å². The van der Waals surface area contributed by atoms with Crippen LogP contribution < -0.4 is 0 Å². The zero-order chi connectivity index (χ0) is 19.2. The Balaban J connectivity index is 1.62. The molecule has 140 valence electrons. The SMILES string of the molecule is COC(C)c1noc(CN(C)C(=O)c2ccc(Sc3ccccc3)cc2)n1. The zero-order valence-electron chi connectivity index (χ0n) is 15.5. The van der Waals surface area contributed by atoms with E-state index < -0.39 is 0 Å². The second-order valence-electron chi connectivity index (χ2n) is 6.02. The van der Waals surface area contributed by atoms with Gasteiger partial charge in [0.2, 0.25) is 5.89 Å². The van der Waals surface area contributed by atoms with Crippen LogP contribution in [0.15, 0.2) is 68.9 Å². The van der Waals surface area contributed by atoms with Gasteiger partial charge >= 0.3 is 0 Å². The quantitative estimate of drug-likeness (QED) is 0.609. The molecule has 0 aliphatic rings. The summed E-state index contributed by atoms with van der Waals surface area (Å²) >= 11 is 1.66. The van der Waals surface area contributed by atoms with E-state index in [1.165, 1.54) is 0 Å². The number of hydrogen-bond acceptors (Lipinski definition) is 6. The lowest BCUT2D eigenvalue weighted by molar-refractivity contribution is 0.0769. The molecule has 27 heavy (non-hydrogen) atoms. The second kappa shape index (κ2) is 8.83. The lowest BCUT2D eigenvalue weighted by Gasteiger charge is -2.15. The molecule has 0 saturated heterocycles. The predicted molar refractivity (Wildman–Crippen MR) is 103 cm³/mol. The Labute approximate surface area is 162 Å². The number of carbonyl (C=O) groups excluding carboxylic acids is 1. The Morgan fingerprint density at radius 1 is 1.15 bits per heavy atom. The molecule has 1 unspecified atom stereocenters. The molecule has 2 aromatic carbocycles. The van der Waals surface area contributed by atoms with E-state index in [1.807, 2.05) is 49.4 Å². The summed E-state index contributed by atoms with van der Waals surface area (Å²) in [4.78, 5) is 20.7. The molecule has 7 heteroatoms. The van der Waals surface area contributed by atoms with Crippen LogP contribution >= 0.6 is 11.8 Å². The van der Waals surface area contributed by atoms with E-state index in [0.717, 1.165) is 9.79 Å². The van der Waals surface area contributed by atoms with Gasteiger partial charge in [-0.1, -0.05) is 35.1 Å². The molecule has 0 N–H and O–H groups in total. The van der Waals surface area contributed by atoms with Gasteiger partial charge in [0, 0.05) is 29.5 Å². The highest BCUT2D eigenvalue weighted by molar-refractivity contribution is 7.99. The van der Waals surface area contributed by atoms with Gasteiger partial charge in [-0.15, -0.1) is 0 Å². The molecule has 0 fully saturated rings. The Morgan fingerprint density at radius 2 is 1.81 bits per heavy atom. The number of aromatic nitrogens is 2. The van der Waals surface area contributed by atoms with Gasteiger partial charge < -0.3 is 14.2 Å². The number of methoxy groups -OCH3 is 1. The van der Waals surface area contributed by atoms with Gasteiger partial charge in [0.25, 0.3) is 5.91 Å². The summed E-state index contributed by atoms with van der Waals surface area (Å²) in [5.41, 5.74) is 0.611. The van der Waals surface area contributed by atoms with Gasteiger partial charge in [-0.05, 0) is 43.3 Å². The van der Waals surface area contributed by atoms with Gasteiger partial charge in [-0.25, -0.2) is 0 Å². The third-order valence-corrected chi connectivity index (χ3v) is 5.02. The van der Waals surface area contributed by atoms with Crippen LogP contribution in [0.25, 0.3) is 0 Å². The number of ether oxygens (including phenoxy) is 1. The molecule has 0 aliphatic heterocycles. The van der Waals surface area contributed by atoms with Crippen molar-refractivity contribution in [2.24, 2.45) is 0 Å². The lowest BCUT2D eigenvalue weighted by atomic mass is 10.2. The maximum absolute atomic E-state index is 12.6. The molecule has 1 atom stereocenters. The van der Waals surface area contributed by atoms with E-state index in [0.29, 0.717) is 17.3 Å². The van der Waals surface area contributed by atoms with Crippen LogP contribution in [0.2, 0.25) is 0 Å². The first kappa shape index (κ1) is 19.1. The summed E-state index contributed by atoms with van der Waals surface area (Å²) < 4.78 is 10.3. The standard InChI is InChI=1S/C20H21N3O3S/c1-14(25-3)19-21-18(26-22-19)13-23(2)20(24)15-9-11-17(12-10-15)27-16-7-5-4-6-8-16/h4-12,14H,13H2,1-3H3. The summed E-state index contributed by atoms with van der Waals surface area (Å²) in [6.07, 6.45) is -0.252. The highest BCUT2D eigenvalue weighted by atomic mass is 32.2. The van der Waals surface area contributed by atoms with Gasteiger partial charge in [0.15, 0.2) is 5.82 Å². The molecule has 6 nitrogen and oxygen atoms in total. The minimum absolute atomic E-state index is 0.106. The monoisotopic (exact) mass is 383 g/mol. The van der Waals surface area contributed by atoms with Gasteiger partial charge in [0.1, 0.15) is 6.10 Å². The van der Waals surface area contributed by atoms with Crippen LogP contribution in [0.1, 0.15) is 35.1 Å². The van der Waals surface area contributed by atoms with Crippen molar-refractivity contribution in [1.82, 2.24) is 15.0 Å². The first-order chi connectivity index (χ1) is 13.1. The normalized spacial score (nSPS) is 12.0. The topological polar surface area (TPSA) is 68.5 Å². The third kappa shape index (κ3) is 4.96. The van der Waals surface area contributed by atoms with Crippen molar-refractivity contribution in [2.75, 3.05) is 14.2 Å². The maximum Gasteiger partial charge on any atom is 0.254 e. The van der Waals surface area contributed by atoms with E-state index in [-0.39, 0.29) is 18.6 Å². The van der Waals surface area contributed by atoms with Crippen LogP contribution in [0.4, 0.5) is 0 Å². The Hall–Kier alpha value is -2.64. The van der Waals surface area contributed by atoms with Crippen LogP contribution in [-0.2, 0) is 11.3 Å². The summed E-state index contributed by atoms with van der Waals surface area (Å²) in [6, 6.07) is 17.7.